The monoisotopic (exact) mass is 254 g/mol. The van der Waals surface area contributed by atoms with Crippen LogP contribution in [0.3, 0.4) is 0 Å². The lowest BCUT2D eigenvalue weighted by molar-refractivity contribution is 0.000976. The molecule has 1 aliphatic heterocycles. The maximum atomic E-state index is 6.14. The van der Waals surface area contributed by atoms with E-state index >= 15 is 0 Å². The summed E-state index contributed by atoms with van der Waals surface area (Å²) < 4.78 is 5.49. The van der Waals surface area contributed by atoms with Crippen LogP contribution in [-0.4, -0.2) is 43.3 Å². The Hall–Kier alpha value is -0.120. The van der Waals surface area contributed by atoms with Gasteiger partial charge in [0.05, 0.1) is 6.10 Å². The molecule has 0 radical (unpaired) electrons. The van der Waals surface area contributed by atoms with Crippen molar-refractivity contribution in [3.8, 4) is 0 Å². The Labute approximate surface area is 112 Å². The molecule has 1 aliphatic carbocycles. The second-order valence-electron chi connectivity index (χ2n) is 6.25. The van der Waals surface area contributed by atoms with Gasteiger partial charge in [0.15, 0.2) is 0 Å². The first kappa shape index (κ1) is 14.3. The molecule has 2 N–H and O–H groups in total. The summed E-state index contributed by atoms with van der Waals surface area (Å²) >= 11 is 0. The maximum absolute atomic E-state index is 6.14. The Bertz CT molecular complexity index is 249. The molecular weight excluding hydrogens is 224 g/mol. The van der Waals surface area contributed by atoms with Crippen molar-refractivity contribution in [2.75, 3.05) is 26.7 Å². The number of nitrogens with zero attached hydrogens (tertiary/aromatic N) is 1. The van der Waals surface area contributed by atoms with Crippen molar-refractivity contribution in [3.05, 3.63) is 0 Å². The van der Waals surface area contributed by atoms with Crippen molar-refractivity contribution in [3.63, 3.8) is 0 Å². The summed E-state index contributed by atoms with van der Waals surface area (Å²) in [7, 11) is 1.84. The van der Waals surface area contributed by atoms with Gasteiger partial charge in [-0.15, -0.1) is 0 Å². The van der Waals surface area contributed by atoms with E-state index in [1.54, 1.807) is 0 Å². The van der Waals surface area contributed by atoms with Crippen LogP contribution in [0.5, 0.6) is 0 Å². The summed E-state index contributed by atoms with van der Waals surface area (Å²) in [6.07, 6.45) is 9.37. The zero-order valence-electron chi connectivity index (χ0n) is 12.2. The molecule has 3 nitrogen and oxygen atoms in total. The Morgan fingerprint density at radius 2 is 2.00 bits per heavy atom. The van der Waals surface area contributed by atoms with Crippen LogP contribution in [0.1, 0.15) is 51.9 Å². The highest BCUT2D eigenvalue weighted by Gasteiger charge is 2.41. The number of ether oxygens (including phenoxy) is 1. The molecule has 1 saturated heterocycles. The molecule has 1 atom stereocenters. The predicted molar refractivity (Wildman–Crippen MR) is 75.6 cm³/mol. The van der Waals surface area contributed by atoms with E-state index in [1.165, 1.54) is 58.0 Å². The lowest BCUT2D eigenvalue weighted by Gasteiger charge is -2.46. The zero-order chi connectivity index (χ0) is 13.0. The molecule has 0 aromatic carbocycles. The van der Waals surface area contributed by atoms with Gasteiger partial charge in [-0.2, -0.15) is 0 Å². The van der Waals surface area contributed by atoms with Crippen LogP contribution in [0.4, 0.5) is 0 Å². The van der Waals surface area contributed by atoms with Crippen molar-refractivity contribution >= 4 is 0 Å². The van der Waals surface area contributed by atoms with Crippen LogP contribution in [0.2, 0.25) is 0 Å². The van der Waals surface area contributed by atoms with E-state index in [9.17, 15) is 0 Å². The first-order chi connectivity index (χ1) is 8.74. The lowest BCUT2D eigenvalue weighted by atomic mass is 9.79. The summed E-state index contributed by atoms with van der Waals surface area (Å²) in [5.74, 6) is 0.915. The fourth-order valence-corrected chi connectivity index (χ4v) is 3.92. The summed E-state index contributed by atoms with van der Waals surface area (Å²) in [6.45, 7) is 5.66. The van der Waals surface area contributed by atoms with Crippen LogP contribution < -0.4 is 5.73 Å². The van der Waals surface area contributed by atoms with Gasteiger partial charge in [-0.3, -0.25) is 4.90 Å². The highest BCUT2D eigenvalue weighted by molar-refractivity contribution is 4.98. The van der Waals surface area contributed by atoms with Gasteiger partial charge in [0, 0.05) is 25.7 Å². The van der Waals surface area contributed by atoms with Gasteiger partial charge in [0.2, 0.25) is 0 Å². The van der Waals surface area contributed by atoms with E-state index in [1.807, 2.05) is 7.11 Å². The average molecular weight is 254 g/mol. The molecule has 1 heterocycles. The molecule has 1 unspecified atom stereocenters. The highest BCUT2D eigenvalue weighted by Crippen LogP contribution is 2.37. The summed E-state index contributed by atoms with van der Waals surface area (Å²) in [5.41, 5.74) is 6.43. The Morgan fingerprint density at radius 3 is 2.56 bits per heavy atom. The SMILES string of the molecule is CCCC1CCN(C2(CN)CCC(OC)CC2)C1. The van der Waals surface area contributed by atoms with Gasteiger partial charge < -0.3 is 10.5 Å². The number of rotatable bonds is 5. The van der Waals surface area contributed by atoms with Crippen molar-refractivity contribution in [2.45, 2.75) is 63.5 Å². The fourth-order valence-electron chi connectivity index (χ4n) is 3.92. The first-order valence-electron chi connectivity index (χ1n) is 7.72. The van der Waals surface area contributed by atoms with Gasteiger partial charge in [-0.05, 0) is 51.0 Å². The van der Waals surface area contributed by atoms with E-state index in [4.69, 9.17) is 10.5 Å². The molecule has 2 fully saturated rings. The number of hydrogen-bond acceptors (Lipinski definition) is 3. The Morgan fingerprint density at radius 1 is 1.28 bits per heavy atom. The van der Waals surface area contributed by atoms with Crippen molar-refractivity contribution in [1.29, 1.82) is 0 Å². The standard InChI is InChI=1S/C15H30N2O/c1-3-4-13-7-10-17(11-13)15(12-16)8-5-14(18-2)6-9-15/h13-14H,3-12,16H2,1-2H3. The van der Waals surface area contributed by atoms with Crippen LogP contribution >= 0.6 is 0 Å². The zero-order valence-corrected chi connectivity index (χ0v) is 12.2. The maximum Gasteiger partial charge on any atom is 0.0572 e. The molecule has 0 spiro atoms. The average Bonchev–Trinajstić information content (AvgIpc) is 2.88. The van der Waals surface area contributed by atoms with Gasteiger partial charge in [0.1, 0.15) is 0 Å². The Kier molecular flexibility index (Phi) is 5.05. The molecule has 3 heteroatoms. The molecule has 0 aromatic rings. The predicted octanol–water partition coefficient (Wildman–Crippen LogP) is 2.39. The molecule has 2 aliphatic rings. The molecule has 106 valence electrons. The largest absolute Gasteiger partial charge is 0.381 e. The van der Waals surface area contributed by atoms with E-state index < -0.39 is 0 Å². The first-order valence-corrected chi connectivity index (χ1v) is 7.72. The fraction of sp³-hybridized carbons (Fsp3) is 1.00. The molecule has 1 saturated carbocycles. The Balaban J connectivity index is 1.93. The molecular formula is C15H30N2O. The molecule has 18 heavy (non-hydrogen) atoms. The van der Waals surface area contributed by atoms with Crippen LogP contribution in [0, 0.1) is 5.92 Å². The normalized spacial score (nSPS) is 38.2. The summed E-state index contributed by atoms with van der Waals surface area (Å²) in [6, 6.07) is 0. The minimum Gasteiger partial charge on any atom is -0.381 e. The molecule has 0 amide bonds. The number of hydrogen-bond donors (Lipinski definition) is 1. The van der Waals surface area contributed by atoms with Crippen LogP contribution in [0.15, 0.2) is 0 Å². The van der Waals surface area contributed by atoms with Crippen molar-refractivity contribution < 1.29 is 4.74 Å². The third-order valence-corrected chi connectivity index (χ3v) is 5.23. The summed E-state index contributed by atoms with van der Waals surface area (Å²) in [4.78, 5) is 2.71. The van der Waals surface area contributed by atoms with E-state index in [-0.39, 0.29) is 5.54 Å². The third kappa shape index (κ3) is 2.89. The minimum atomic E-state index is 0.289. The topological polar surface area (TPSA) is 38.5 Å². The molecule has 0 aromatic heterocycles. The smallest absolute Gasteiger partial charge is 0.0572 e. The number of likely N-dealkylation sites (tertiary alicyclic amines) is 1. The van der Waals surface area contributed by atoms with Crippen molar-refractivity contribution in [1.82, 2.24) is 4.90 Å². The molecule has 0 bridgehead atoms. The van der Waals surface area contributed by atoms with Crippen LogP contribution in [-0.2, 0) is 4.74 Å². The van der Waals surface area contributed by atoms with E-state index in [0.717, 1.165) is 12.5 Å². The quantitative estimate of drug-likeness (QED) is 0.819. The summed E-state index contributed by atoms with van der Waals surface area (Å²) in [5, 5.41) is 0. The van der Waals surface area contributed by atoms with Gasteiger partial charge in [-0.25, -0.2) is 0 Å². The second-order valence-corrected chi connectivity index (χ2v) is 6.25. The van der Waals surface area contributed by atoms with Gasteiger partial charge in [0.25, 0.3) is 0 Å². The minimum absolute atomic E-state index is 0.289. The van der Waals surface area contributed by atoms with E-state index in [2.05, 4.69) is 11.8 Å². The van der Waals surface area contributed by atoms with Crippen LogP contribution in [0.25, 0.3) is 0 Å². The third-order valence-electron chi connectivity index (χ3n) is 5.23. The van der Waals surface area contributed by atoms with Crippen molar-refractivity contribution in [2.24, 2.45) is 11.7 Å². The van der Waals surface area contributed by atoms with Gasteiger partial charge in [-0.1, -0.05) is 13.3 Å². The second kappa shape index (κ2) is 6.36. The lowest BCUT2D eigenvalue weighted by Crippen LogP contribution is -2.55. The highest BCUT2D eigenvalue weighted by atomic mass is 16.5. The number of methoxy groups -OCH3 is 1. The van der Waals surface area contributed by atoms with E-state index in [0.29, 0.717) is 6.10 Å². The number of nitrogens with two attached hydrogens (primary N) is 1. The van der Waals surface area contributed by atoms with Gasteiger partial charge >= 0.3 is 0 Å². The molecule has 2 rings (SSSR count).